The van der Waals surface area contributed by atoms with Crippen LogP contribution in [-0.2, 0) is 0 Å². The first-order chi connectivity index (χ1) is 15.4. The number of nitrogens with two attached hydrogens (primary N) is 1. The molecule has 2 unspecified atom stereocenters. The maximum atomic E-state index is 15.0. The van der Waals surface area contributed by atoms with Crippen LogP contribution in [0.4, 0.5) is 15.9 Å². The van der Waals surface area contributed by atoms with E-state index in [0.717, 1.165) is 49.5 Å². The quantitative estimate of drug-likeness (QED) is 0.567. The molecule has 8 nitrogen and oxygen atoms in total. The molecule has 9 heteroatoms. The molecule has 0 radical (unpaired) electrons. The van der Waals surface area contributed by atoms with E-state index in [1.165, 1.54) is 6.20 Å². The molecular formula is C23H28FN7O. The molecule has 1 saturated carbocycles. The van der Waals surface area contributed by atoms with Gasteiger partial charge in [-0.25, -0.2) is 13.9 Å². The molecule has 2 fully saturated rings. The highest BCUT2D eigenvalue weighted by molar-refractivity contribution is 6.02. The Balaban J connectivity index is 1.54. The summed E-state index contributed by atoms with van der Waals surface area (Å²) in [4.78, 5) is 18.9. The lowest BCUT2D eigenvalue weighted by Crippen LogP contribution is -2.43. The first-order valence-corrected chi connectivity index (χ1v) is 11.1. The summed E-state index contributed by atoms with van der Waals surface area (Å²) in [6, 6.07) is 5.60. The van der Waals surface area contributed by atoms with Gasteiger partial charge in [0.25, 0.3) is 5.91 Å². The van der Waals surface area contributed by atoms with Gasteiger partial charge in [-0.3, -0.25) is 4.79 Å². The smallest absolute Gasteiger partial charge is 0.252 e. The molecule has 1 aliphatic heterocycles. The minimum atomic E-state index is -1.34. The Morgan fingerprint density at radius 3 is 2.84 bits per heavy atom. The zero-order chi connectivity index (χ0) is 22.3. The molecule has 1 saturated heterocycles. The number of piperazine rings is 1. The number of halogens is 1. The normalized spacial score (nSPS) is 23.6. The van der Waals surface area contributed by atoms with Crippen molar-refractivity contribution in [3.05, 3.63) is 42.4 Å². The molecule has 3 aromatic heterocycles. The molecule has 4 heterocycles. The summed E-state index contributed by atoms with van der Waals surface area (Å²) in [6.07, 6.45) is 7.16. The maximum Gasteiger partial charge on any atom is 0.252 e. The Hall–Kier alpha value is -3.20. The first kappa shape index (κ1) is 20.7. The van der Waals surface area contributed by atoms with Crippen molar-refractivity contribution in [1.82, 2.24) is 19.9 Å². The van der Waals surface area contributed by atoms with Gasteiger partial charge in [-0.05, 0) is 49.9 Å². The number of nitrogens with zero attached hydrogens (tertiary/aromatic N) is 4. The van der Waals surface area contributed by atoms with E-state index in [-0.39, 0.29) is 11.6 Å². The third-order valence-electron chi connectivity index (χ3n) is 6.63. The number of rotatable bonds is 5. The van der Waals surface area contributed by atoms with Gasteiger partial charge < -0.3 is 21.3 Å². The molecule has 3 aromatic rings. The van der Waals surface area contributed by atoms with Crippen molar-refractivity contribution in [2.45, 2.75) is 37.9 Å². The predicted molar refractivity (Wildman–Crippen MR) is 123 cm³/mol. The number of fused-ring (bicyclic) bond motifs is 1. The van der Waals surface area contributed by atoms with Crippen LogP contribution in [0.25, 0.3) is 16.6 Å². The number of carbonyl (C=O) groups excluding carboxylic acids is 1. The van der Waals surface area contributed by atoms with E-state index in [9.17, 15) is 9.18 Å². The fraction of sp³-hybridized carbons (Fsp3) is 0.435. The Labute approximate surface area is 186 Å². The maximum absolute atomic E-state index is 15.0. The van der Waals surface area contributed by atoms with Crippen molar-refractivity contribution >= 4 is 22.9 Å². The summed E-state index contributed by atoms with van der Waals surface area (Å²) >= 11 is 0. The van der Waals surface area contributed by atoms with E-state index < -0.39 is 11.6 Å². The van der Waals surface area contributed by atoms with Crippen LogP contribution >= 0.6 is 0 Å². The van der Waals surface area contributed by atoms with Gasteiger partial charge in [0.2, 0.25) is 0 Å². The number of nitrogens with one attached hydrogen (secondary N) is 2. The molecule has 2 atom stereocenters. The molecule has 32 heavy (non-hydrogen) atoms. The van der Waals surface area contributed by atoms with Gasteiger partial charge in [-0.2, -0.15) is 5.10 Å². The lowest BCUT2D eigenvalue weighted by molar-refractivity contribution is 0.1000. The Morgan fingerprint density at radius 2 is 2.12 bits per heavy atom. The van der Waals surface area contributed by atoms with Crippen molar-refractivity contribution in [2.75, 3.05) is 36.4 Å². The second-order valence-corrected chi connectivity index (χ2v) is 8.86. The van der Waals surface area contributed by atoms with Crippen LogP contribution in [0.3, 0.4) is 0 Å². The van der Waals surface area contributed by atoms with Crippen molar-refractivity contribution < 1.29 is 9.18 Å². The van der Waals surface area contributed by atoms with E-state index in [4.69, 9.17) is 5.73 Å². The van der Waals surface area contributed by atoms with Crippen molar-refractivity contribution in [2.24, 2.45) is 5.73 Å². The highest BCUT2D eigenvalue weighted by Crippen LogP contribution is 2.37. The van der Waals surface area contributed by atoms with E-state index in [1.807, 2.05) is 24.5 Å². The standard InChI is InChI=1S/C23H28FN7O/c1-23(24)5-2-3-19(23)29-21-17(22(25)32)13-28-31-14-16(11-18(21)31)15-4-6-27-20(12-15)30-9-7-26-8-10-30/h4,6,11-14,19,26,29H,2-3,5,7-10H2,1H3,(H2,25,32). The average molecular weight is 438 g/mol. The lowest BCUT2D eigenvalue weighted by atomic mass is 10.0. The minimum absolute atomic E-state index is 0.265. The van der Waals surface area contributed by atoms with Gasteiger partial charge in [0.1, 0.15) is 11.5 Å². The molecule has 0 aromatic carbocycles. The number of anilines is 2. The van der Waals surface area contributed by atoms with Crippen molar-refractivity contribution in [3.63, 3.8) is 0 Å². The number of hydrogen-bond acceptors (Lipinski definition) is 6. The summed E-state index contributed by atoms with van der Waals surface area (Å²) in [6.45, 7) is 5.31. The number of pyridine rings is 1. The van der Waals surface area contributed by atoms with Crippen LogP contribution in [0, 0.1) is 0 Å². The van der Waals surface area contributed by atoms with E-state index >= 15 is 0 Å². The number of primary amides is 1. The van der Waals surface area contributed by atoms with Gasteiger partial charge in [0.05, 0.1) is 29.0 Å². The Kier molecular flexibility index (Phi) is 5.21. The van der Waals surface area contributed by atoms with Crippen LogP contribution in [0.5, 0.6) is 0 Å². The second-order valence-electron chi connectivity index (χ2n) is 8.86. The fourth-order valence-corrected chi connectivity index (χ4v) is 4.74. The van der Waals surface area contributed by atoms with Crippen molar-refractivity contribution in [3.8, 4) is 11.1 Å². The van der Waals surface area contributed by atoms with Gasteiger partial charge in [0.15, 0.2) is 0 Å². The number of aromatic nitrogens is 3. The van der Waals surface area contributed by atoms with Gasteiger partial charge in [-0.15, -0.1) is 0 Å². The topological polar surface area (TPSA) is 101 Å². The molecule has 1 aliphatic carbocycles. The van der Waals surface area contributed by atoms with Crippen LogP contribution in [0.2, 0.25) is 0 Å². The molecule has 0 bridgehead atoms. The van der Waals surface area contributed by atoms with Crippen LogP contribution in [-0.4, -0.2) is 58.4 Å². The summed E-state index contributed by atoms with van der Waals surface area (Å²) in [7, 11) is 0. The van der Waals surface area contributed by atoms with Gasteiger partial charge in [0, 0.05) is 44.1 Å². The largest absolute Gasteiger partial charge is 0.377 e. The third-order valence-corrected chi connectivity index (χ3v) is 6.63. The number of alkyl halides is 1. The summed E-state index contributed by atoms with van der Waals surface area (Å²) in [5.41, 5.74) is 7.72. The lowest BCUT2D eigenvalue weighted by Gasteiger charge is -2.28. The fourth-order valence-electron chi connectivity index (χ4n) is 4.74. The SMILES string of the molecule is CC1(F)CCCC1Nc1c(C(N)=O)cnn2cc(-c3ccnc(N4CCNCC4)c3)cc12. The number of hydrogen-bond donors (Lipinski definition) is 3. The molecular weight excluding hydrogens is 409 g/mol. The molecule has 0 spiro atoms. The second kappa shape index (κ2) is 8.05. The van der Waals surface area contributed by atoms with E-state index in [1.54, 1.807) is 11.4 Å². The Morgan fingerprint density at radius 1 is 1.31 bits per heavy atom. The molecule has 4 N–H and O–H groups in total. The summed E-state index contributed by atoms with van der Waals surface area (Å²) in [5.74, 6) is 0.344. The predicted octanol–water partition coefficient (Wildman–Crippen LogP) is 2.60. The molecule has 168 valence electrons. The van der Waals surface area contributed by atoms with Crippen LogP contribution in [0.1, 0.15) is 36.5 Å². The number of amides is 1. The molecule has 5 rings (SSSR count). The highest BCUT2D eigenvalue weighted by Gasteiger charge is 2.39. The summed E-state index contributed by atoms with van der Waals surface area (Å²) < 4.78 is 16.7. The average Bonchev–Trinajstić information content (AvgIpc) is 3.37. The van der Waals surface area contributed by atoms with Gasteiger partial charge in [-0.1, -0.05) is 0 Å². The van der Waals surface area contributed by atoms with Gasteiger partial charge >= 0.3 is 0 Å². The zero-order valence-corrected chi connectivity index (χ0v) is 18.1. The van der Waals surface area contributed by atoms with E-state index in [2.05, 4.69) is 31.7 Å². The third kappa shape index (κ3) is 3.77. The molecule has 2 aliphatic rings. The Bertz CT molecular complexity index is 1150. The number of carbonyl (C=O) groups is 1. The highest BCUT2D eigenvalue weighted by atomic mass is 19.1. The summed E-state index contributed by atoms with van der Waals surface area (Å²) in [5, 5.41) is 11.0. The van der Waals surface area contributed by atoms with Crippen LogP contribution < -0.4 is 21.3 Å². The molecule has 1 amide bonds. The monoisotopic (exact) mass is 437 g/mol. The minimum Gasteiger partial charge on any atom is -0.377 e. The zero-order valence-electron chi connectivity index (χ0n) is 18.1. The van der Waals surface area contributed by atoms with Crippen LogP contribution in [0.15, 0.2) is 36.8 Å². The first-order valence-electron chi connectivity index (χ1n) is 11.1. The van der Waals surface area contributed by atoms with Crippen molar-refractivity contribution in [1.29, 1.82) is 0 Å². The van der Waals surface area contributed by atoms with E-state index in [0.29, 0.717) is 24.0 Å².